The molecule has 7 nitrogen and oxygen atoms in total. The van der Waals surface area contributed by atoms with E-state index in [0.717, 1.165) is 78.1 Å². The van der Waals surface area contributed by atoms with Crippen molar-refractivity contribution in [2.45, 2.75) is 38.8 Å². The molecule has 1 saturated heterocycles. The third-order valence-electron chi connectivity index (χ3n) is 6.65. The van der Waals surface area contributed by atoms with Crippen LogP contribution in [-0.4, -0.2) is 56.9 Å². The lowest BCUT2D eigenvalue weighted by molar-refractivity contribution is 0.307. The number of aromatic nitrogens is 4. The molecular formula is C28H34N6O. The van der Waals surface area contributed by atoms with E-state index in [4.69, 9.17) is 4.74 Å². The molecule has 2 aromatic heterocycles. The van der Waals surface area contributed by atoms with Crippen LogP contribution in [0.1, 0.15) is 43.9 Å². The largest absolute Gasteiger partial charge is 0.457 e. The molecule has 0 saturated carbocycles. The van der Waals surface area contributed by atoms with E-state index >= 15 is 0 Å². The summed E-state index contributed by atoms with van der Waals surface area (Å²) < 4.78 is 6.08. The summed E-state index contributed by atoms with van der Waals surface area (Å²) in [7, 11) is 4.28. The maximum absolute atomic E-state index is 6.08. The lowest BCUT2D eigenvalue weighted by Gasteiger charge is -2.16. The van der Waals surface area contributed by atoms with Gasteiger partial charge in [0.25, 0.3) is 0 Å². The third-order valence-corrected chi connectivity index (χ3v) is 6.65. The Bertz CT molecular complexity index is 1230. The fourth-order valence-electron chi connectivity index (χ4n) is 4.76. The van der Waals surface area contributed by atoms with E-state index in [1.165, 1.54) is 6.42 Å². The summed E-state index contributed by atoms with van der Waals surface area (Å²) in [5, 5.41) is 0. The zero-order chi connectivity index (χ0) is 24.2. The van der Waals surface area contributed by atoms with Crippen molar-refractivity contribution in [2.75, 3.05) is 27.2 Å². The van der Waals surface area contributed by atoms with Crippen molar-refractivity contribution in [1.82, 2.24) is 29.7 Å². The molecule has 1 aliphatic heterocycles. The van der Waals surface area contributed by atoms with E-state index in [2.05, 4.69) is 75.0 Å². The van der Waals surface area contributed by atoms with Gasteiger partial charge >= 0.3 is 0 Å². The minimum Gasteiger partial charge on any atom is -0.457 e. The SMILES string of the molecule is CCCN(C)Cc1ncc(-c2ccc(Oc3ccc(-c4cnc(C5CCCN5C)[nH]4)cc3)cc2)[nH]1. The topological polar surface area (TPSA) is 73.1 Å². The van der Waals surface area contributed by atoms with Crippen LogP contribution in [0.4, 0.5) is 0 Å². The highest BCUT2D eigenvalue weighted by atomic mass is 16.5. The van der Waals surface area contributed by atoms with E-state index in [1.54, 1.807) is 0 Å². The van der Waals surface area contributed by atoms with Gasteiger partial charge in [-0.25, -0.2) is 9.97 Å². The van der Waals surface area contributed by atoms with Crippen LogP contribution >= 0.6 is 0 Å². The van der Waals surface area contributed by atoms with Crippen LogP contribution in [0.2, 0.25) is 0 Å². The molecule has 4 aromatic rings. The fourth-order valence-corrected chi connectivity index (χ4v) is 4.76. The van der Waals surface area contributed by atoms with Crippen molar-refractivity contribution in [3.05, 3.63) is 72.6 Å². The van der Waals surface area contributed by atoms with Crippen molar-refractivity contribution in [1.29, 1.82) is 0 Å². The quantitative estimate of drug-likeness (QED) is 0.320. The maximum atomic E-state index is 6.08. The molecule has 1 unspecified atom stereocenters. The number of nitrogens with one attached hydrogen (secondary N) is 2. The highest BCUT2D eigenvalue weighted by Gasteiger charge is 2.25. The van der Waals surface area contributed by atoms with Crippen LogP contribution in [0.5, 0.6) is 11.5 Å². The van der Waals surface area contributed by atoms with Crippen molar-refractivity contribution >= 4 is 0 Å². The Morgan fingerprint density at radius 2 is 1.57 bits per heavy atom. The van der Waals surface area contributed by atoms with Gasteiger partial charge in [-0.2, -0.15) is 0 Å². The van der Waals surface area contributed by atoms with E-state index in [-0.39, 0.29) is 0 Å². The summed E-state index contributed by atoms with van der Waals surface area (Å²) >= 11 is 0. The van der Waals surface area contributed by atoms with Crippen molar-refractivity contribution in [2.24, 2.45) is 0 Å². The van der Waals surface area contributed by atoms with Gasteiger partial charge in [0.2, 0.25) is 0 Å². The van der Waals surface area contributed by atoms with Crippen molar-refractivity contribution in [3.8, 4) is 34.0 Å². The molecule has 5 rings (SSSR count). The first-order valence-corrected chi connectivity index (χ1v) is 12.5. The van der Waals surface area contributed by atoms with Gasteiger partial charge in [-0.3, -0.25) is 9.80 Å². The smallest absolute Gasteiger partial charge is 0.127 e. The monoisotopic (exact) mass is 470 g/mol. The molecule has 35 heavy (non-hydrogen) atoms. The number of H-pyrrole nitrogens is 2. The second-order valence-electron chi connectivity index (χ2n) is 9.45. The van der Waals surface area contributed by atoms with Crippen LogP contribution in [0.3, 0.4) is 0 Å². The van der Waals surface area contributed by atoms with Crippen LogP contribution in [0.15, 0.2) is 60.9 Å². The molecule has 0 aliphatic carbocycles. The number of likely N-dealkylation sites (tertiary alicyclic amines) is 1. The van der Waals surface area contributed by atoms with Crippen LogP contribution < -0.4 is 4.74 Å². The summed E-state index contributed by atoms with van der Waals surface area (Å²) in [6.07, 6.45) is 7.35. The number of rotatable bonds is 9. The Balaban J connectivity index is 1.20. The molecule has 7 heteroatoms. The van der Waals surface area contributed by atoms with Crippen molar-refractivity contribution < 1.29 is 4.74 Å². The number of aromatic amines is 2. The zero-order valence-electron chi connectivity index (χ0n) is 20.8. The van der Waals surface area contributed by atoms with Crippen LogP contribution in [0, 0.1) is 0 Å². The first-order valence-electron chi connectivity index (χ1n) is 12.5. The number of benzene rings is 2. The maximum Gasteiger partial charge on any atom is 0.127 e. The highest BCUT2D eigenvalue weighted by Crippen LogP contribution is 2.31. The standard InChI is InChI=1S/C28H34N6O/c1-4-15-33(2)19-27-29-17-24(31-27)20-7-11-22(12-8-20)35-23-13-9-21(10-14-23)25-18-30-28(32-25)26-6-5-16-34(26)3/h7-14,17-18,26H,4-6,15-16,19H2,1-3H3,(H,29,31)(H,30,32). The van der Waals surface area contributed by atoms with E-state index in [9.17, 15) is 0 Å². The Morgan fingerprint density at radius 1 is 0.943 bits per heavy atom. The molecular weight excluding hydrogens is 436 g/mol. The molecule has 2 aromatic carbocycles. The summed E-state index contributed by atoms with van der Waals surface area (Å²) in [6.45, 7) is 5.20. The molecule has 2 N–H and O–H groups in total. The van der Waals surface area contributed by atoms with Gasteiger partial charge in [-0.05, 0) is 106 Å². The summed E-state index contributed by atoms with van der Waals surface area (Å²) in [5.74, 6) is 3.64. The van der Waals surface area contributed by atoms with Gasteiger partial charge < -0.3 is 14.7 Å². The van der Waals surface area contributed by atoms with E-state index in [0.29, 0.717) is 6.04 Å². The minimum atomic E-state index is 0.394. The number of imidazole rings is 2. The first-order chi connectivity index (χ1) is 17.1. The number of ether oxygens (including phenoxy) is 1. The predicted molar refractivity (Wildman–Crippen MR) is 139 cm³/mol. The average Bonchev–Trinajstić information content (AvgIpc) is 3.61. The lowest BCUT2D eigenvalue weighted by Crippen LogP contribution is -2.19. The molecule has 3 heterocycles. The number of nitrogens with zero attached hydrogens (tertiary/aromatic N) is 4. The molecule has 0 spiro atoms. The van der Waals surface area contributed by atoms with Gasteiger partial charge in [-0.1, -0.05) is 6.92 Å². The average molecular weight is 471 g/mol. The van der Waals surface area contributed by atoms with Gasteiger partial charge in [0.15, 0.2) is 0 Å². The summed E-state index contributed by atoms with van der Waals surface area (Å²) in [4.78, 5) is 20.7. The Hall–Kier alpha value is -3.42. The molecule has 0 amide bonds. The summed E-state index contributed by atoms with van der Waals surface area (Å²) in [5.41, 5.74) is 4.25. The molecule has 0 bridgehead atoms. The fraction of sp³-hybridized carbons (Fsp3) is 0.357. The first kappa shape index (κ1) is 23.3. The zero-order valence-corrected chi connectivity index (χ0v) is 20.8. The van der Waals surface area contributed by atoms with Crippen molar-refractivity contribution in [3.63, 3.8) is 0 Å². The predicted octanol–water partition coefficient (Wildman–Crippen LogP) is 5.87. The van der Waals surface area contributed by atoms with Gasteiger partial charge in [0.05, 0.1) is 36.4 Å². The molecule has 182 valence electrons. The number of hydrogen-bond acceptors (Lipinski definition) is 5. The number of hydrogen-bond donors (Lipinski definition) is 2. The molecule has 1 fully saturated rings. The molecule has 1 atom stereocenters. The Kier molecular flexibility index (Phi) is 6.97. The second kappa shape index (κ2) is 10.5. The van der Waals surface area contributed by atoms with E-state index < -0.39 is 0 Å². The lowest BCUT2D eigenvalue weighted by atomic mass is 10.1. The highest BCUT2D eigenvalue weighted by molar-refractivity contribution is 5.61. The molecule has 0 radical (unpaired) electrons. The van der Waals surface area contributed by atoms with Gasteiger partial charge in [0, 0.05) is 0 Å². The minimum absolute atomic E-state index is 0.394. The van der Waals surface area contributed by atoms with Gasteiger partial charge in [-0.15, -0.1) is 0 Å². The van der Waals surface area contributed by atoms with Gasteiger partial charge in [0.1, 0.15) is 23.1 Å². The van der Waals surface area contributed by atoms with Crippen LogP contribution in [-0.2, 0) is 6.54 Å². The third kappa shape index (κ3) is 5.47. The Morgan fingerprint density at radius 3 is 2.17 bits per heavy atom. The van der Waals surface area contributed by atoms with E-state index in [1.807, 2.05) is 36.7 Å². The molecule has 1 aliphatic rings. The van der Waals surface area contributed by atoms with Crippen LogP contribution in [0.25, 0.3) is 22.5 Å². The summed E-state index contributed by atoms with van der Waals surface area (Å²) in [6, 6.07) is 16.6. The Labute approximate surface area is 207 Å². The normalized spacial score (nSPS) is 16.3. The second-order valence-corrected chi connectivity index (χ2v) is 9.45.